The lowest BCUT2D eigenvalue weighted by Gasteiger charge is -2.12. The molecule has 136 valence electrons. The van der Waals surface area contributed by atoms with Crippen LogP contribution in [0.4, 0.5) is 5.13 Å². The number of nitrogens with zero attached hydrogens (tertiary/aromatic N) is 4. The first kappa shape index (κ1) is 18.5. The highest BCUT2D eigenvalue weighted by Crippen LogP contribution is 2.28. The quantitative estimate of drug-likeness (QED) is 0.713. The largest absolute Gasteiger partial charge is 0.296 e. The number of benzene rings is 1. The Labute approximate surface area is 161 Å². The van der Waals surface area contributed by atoms with Gasteiger partial charge in [-0.3, -0.25) is 10.1 Å². The lowest BCUT2D eigenvalue weighted by molar-refractivity contribution is 0.102. The SMILES string of the molecule is CCc1c(C(=O)Nc2nnc(C(C)(C)C)s2)cnn1-c1cccc(Cl)c1. The molecule has 0 radical (unpaired) electrons. The van der Waals surface area contributed by atoms with E-state index in [1.807, 2.05) is 25.1 Å². The van der Waals surface area contributed by atoms with Gasteiger partial charge in [-0.25, -0.2) is 4.68 Å². The number of nitrogens with one attached hydrogen (secondary N) is 1. The molecule has 3 rings (SSSR count). The summed E-state index contributed by atoms with van der Waals surface area (Å²) >= 11 is 7.45. The van der Waals surface area contributed by atoms with Crippen molar-refractivity contribution in [2.45, 2.75) is 39.5 Å². The van der Waals surface area contributed by atoms with Crippen LogP contribution in [0.3, 0.4) is 0 Å². The molecule has 0 spiro atoms. The third-order valence-corrected chi connectivity index (χ3v) is 5.29. The predicted octanol–water partition coefficient (Wildman–Crippen LogP) is 4.49. The van der Waals surface area contributed by atoms with Gasteiger partial charge in [0.25, 0.3) is 5.91 Å². The van der Waals surface area contributed by atoms with Crippen molar-refractivity contribution in [2.75, 3.05) is 5.32 Å². The number of hydrogen-bond acceptors (Lipinski definition) is 5. The van der Waals surface area contributed by atoms with Crippen LogP contribution in [0.2, 0.25) is 5.02 Å². The van der Waals surface area contributed by atoms with Gasteiger partial charge in [-0.15, -0.1) is 10.2 Å². The Kier molecular flexibility index (Phi) is 5.11. The number of hydrogen-bond donors (Lipinski definition) is 1. The van der Waals surface area contributed by atoms with Gasteiger partial charge in [0, 0.05) is 10.4 Å². The summed E-state index contributed by atoms with van der Waals surface area (Å²) in [7, 11) is 0. The molecule has 2 aromatic heterocycles. The summed E-state index contributed by atoms with van der Waals surface area (Å²) in [5, 5.41) is 17.4. The molecule has 26 heavy (non-hydrogen) atoms. The van der Waals surface area contributed by atoms with E-state index in [4.69, 9.17) is 11.6 Å². The topological polar surface area (TPSA) is 72.7 Å². The highest BCUT2D eigenvalue weighted by atomic mass is 35.5. The predicted molar refractivity (Wildman–Crippen MR) is 105 cm³/mol. The van der Waals surface area contributed by atoms with Gasteiger partial charge in [-0.2, -0.15) is 5.10 Å². The maximum atomic E-state index is 12.7. The lowest BCUT2D eigenvalue weighted by Crippen LogP contribution is -2.14. The highest BCUT2D eigenvalue weighted by Gasteiger charge is 2.22. The molecule has 0 aliphatic rings. The Hall–Kier alpha value is -2.25. The summed E-state index contributed by atoms with van der Waals surface area (Å²) < 4.78 is 1.74. The smallest absolute Gasteiger partial charge is 0.260 e. The Balaban J connectivity index is 1.87. The van der Waals surface area contributed by atoms with Crippen molar-refractivity contribution in [3.05, 3.63) is 51.7 Å². The van der Waals surface area contributed by atoms with Crippen molar-refractivity contribution < 1.29 is 4.79 Å². The summed E-state index contributed by atoms with van der Waals surface area (Å²) in [5.41, 5.74) is 2.04. The fourth-order valence-corrected chi connectivity index (χ4v) is 3.46. The maximum absolute atomic E-state index is 12.7. The molecule has 0 unspecified atom stereocenters. The Morgan fingerprint density at radius 2 is 2.08 bits per heavy atom. The maximum Gasteiger partial charge on any atom is 0.260 e. The van der Waals surface area contributed by atoms with E-state index >= 15 is 0 Å². The van der Waals surface area contributed by atoms with E-state index in [1.165, 1.54) is 11.3 Å². The number of amides is 1. The molecule has 0 aliphatic heterocycles. The van der Waals surface area contributed by atoms with Gasteiger partial charge in [0.05, 0.1) is 23.1 Å². The van der Waals surface area contributed by atoms with E-state index in [2.05, 4.69) is 41.4 Å². The molecule has 0 bridgehead atoms. The van der Waals surface area contributed by atoms with Crippen molar-refractivity contribution in [3.8, 4) is 5.69 Å². The van der Waals surface area contributed by atoms with E-state index < -0.39 is 0 Å². The van der Waals surface area contributed by atoms with E-state index in [1.54, 1.807) is 16.9 Å². The molecule has 3 aromatic rings. The summed E-state index contributed by atoms with van der Waals surface area (Å²) in [5.74, 6) is -0.244. The minimum absolute atomic E-state index is 0.104. The summed E-state index contributed by atoms with van der Waals surface area (Å²) in [6.45, 7) is 8.16. The van der Waals surface area contributed by atoms with Crippen molar-refractivity contribution >= 4 is 34.0 Å². The molecule has 1 aromatic carbocycles. The van der Waals surface area contributed by atoms with Gasteiger partial charge in [0.1, 0.15) is 5.01 Å². The summed E-state index contributed by atoms with van der Waals surface area (Å²) in [4.78, 5) is 12.7. The number of aromatic nitrogens is 4. The molecule has 0 aliphatic carbocycles. The number of carbonyl (C=O) groups excluding carboxylic acids is 1. The van der Waals surface area contributed by atoms with E-state index in [0.29, 0.717) is 22.1 Å². The number of anilines is 1. The summed E-state index contributed by atoms with van der Waals surface area (Å²) in [6.07, 6.45) is 2.22. The van der Waals surface area contributed by atoms with Crippen LogP contribution in [-0.2, 0) is 11.8 Å². The molecule has 0 fully saturated rings. The molecule has 6 nitrogen and oxygen atoms in total. The number of rotatable bonds is 4. The van der Waals surface area contributed by atoms with Crippen molar-refractivity contribution in [2.24, 2.45) is 0 Å². The van der Waals surface area contributed by atoms with Crippen molar-refractivity contribution in [1.29, 1.82) is 0 Å². The van der Waals surface area contributed by atoms with Gasteiger partial charge in [-0.1, -0.05) is 56.7 Å². The molecule has 2 heterocycles. The Morgan fingerprint density at radius 1 is 1.31 bits per heavy atom. The third kappa shape index (κ3) is 3.78. The molecule has 0 saturated heterocycles. The zero-order valence-electron chi connectivity index (χ0n) is 15.1. The molecule has 1 amide bonds. The minimum Gasteiger partial charge on any atom is -0.296 e. The first-order valence-corrected chi connectivity index (χ1v) is 9.47. The van der Waals surface area contributed by atoms with E-state index in [-0.39, 0.29) is 11.3 Å². The second kappa shape index (κ2) is 7.17. The van der Waals surface area contributed by atoms with Crippen LogP contribution in [0.25, 0.3) is 5.69 Å². The van der Waals surface area contributed by atoms with Crippen LogP contribution in [-0.4, -0.2) is 25.9 Å². The van der Waals surface area contributed by atoms with Crippen LogP contribution in [0.15, 0.2) is 30.5 Å². The zero-order valence-corrected chi connectivity index (χ0v) is 16.6. The van der Waals surface area contributed by atoms with E-state index in [9.17, 15) is 4.79 Å². The average Bonchev–Trinajstić information content (AvgIpc) is 3.20. The Bertz CT molecular complexity index is 941. The standard InChI is InChI=1S/C18H20ClN5OS/c1-5-14-13(10-20-24(14)12-8-6-7-11(19)9-12)15(25)21-17-23-22-16(26-17)18(2,3)4/h6-10H,5H2,1-4H3,(H,21,23,25). The molecular formula is C18H20ClN5OS. The van der Waals surface area contributed by atoms with Crippen LogP contribution < -0.4 is 5.32 Å². The van der Waals surface area contributed by atoms with Crippen LogP contribution in [0.1, 0.15) is 48.8 Å². The lowest BCUT2D eigenvalue weighted by atomic mass is 9.98. The molecule has 0 saturated carbocycles. The van der Waals surface area contributed by atoms with Gasteiger partial charge in [-0.05, 0) is 24.6 Å². The zero-order chi connectivity index (χ0) is 18.9. The minimum atomic E-state index is -0.244. The van der Waals surface area contributed by atoms with Gasteiger partial charge in [0.2, 0.25) is 5.13 Å². The fourth-order valence-electron chi connectivity index (χ4n) is 2.48. The summed E-state index contributed by atoms with van der Waals surface area (Å²) in [6, 6.07) is 7.37. The van der Waals surface area contributed by atoms with Gasteiger partial charge < -0.3 is 0 Å². The second-order valence-corrected chi connectivity index (χ2v) is 8.28. The molecule has 1 N–H and O–H groups in total. The van der Waals surface area contributed by atoms with Crippen molar-refractivity contribution in [3.63, 3.8) is 0 Å². The van der Waals surface area contributed by atoms with Gasteiger partial charge in [0.15, 0.2) is 0 Å². The number of carbonyl (C=O) groups is 1. The first-order valence-electron chi connectivity index (χ1n) is 8.27. The normalized spacial score (nSPS) is 11.6. The average molecular weight is 390 g/mol. The Morgan fingerprint density at radius 3 is 2.69 bits per heavy atom. The second-order valence-electron chi connectivity index (χ2n) is 6.87. The molecular weight excluding hydrogens is 370 g/mol. The monoisotopic (exact) mass is 389 g/mol. The number of halogens is 1. The molecule has 8 heteroatoms. The fraction of sp³-hybridized carbons (Fsp3) is 0.333. The van der Waals surface area contributed by atoms with Crippen LogP contribution in [0, 0.1) is 0 Å². The highest BCUT2D eigenvalue weighted by molar-refractivity contribution is 7.15. The van der Waals surface area contributed by atoms with Crippen molar-refractivity contribution in [1.82, 2.24) is 20.0 Å². The van der Waals surface area contributed by atoms with Crippen LogP contribution >= 0.6 is 22.9 Å². The first-order chi connectivity index (χ1) is 12.3. The van der Waals surface area contributed by atoms with Gasteiger partial charge >= 0.3 is 0 Å². The molecule has 0 atom stereocenters. The van der Waals surface area contributed by atoms with E-state index in [0.717, 1.165) is 16.4 Å². The van der Waals surface area contributed by atoms with Crippen LogP contribution in [0.5, 0.6) is 0 Å². The third-order valence-electron chi connectivity index (χ3n) is 3.79.